The lowest BCUT2D eigenvalue weighted by molar-refractivity contribution is -0.196. The first kappa shape index (κ1) is 15.5. The zero-order valence-corrected chi connectivity index (χ0v) is 13.4. The van der Waals surface area contributed by atoms with E-state index < -0.39 is 34.1 Å². The Hall–Kier alpha value is -2.37. The zero-order chi connectivity index (χ0) is 16.9. The van der Waals surface area contributed by atoms with Crippen LogP contribution in [0.2, 0.25) is 0 Å². The van der Waals surface area contributed by atoms with E-state index in [2.05, 4.69) is 10.9 Å². The van der Waals surface area contributed by atoms with E-state index in [0.29, 0.717) is 18.5 Å². The van der Waals surface area contributed by atoms with Gasteiger partial charge in [-0.25, -0.2) is 0 Å². The molecule has 2 fully saturated rings. The van der Waals surface area contributed by atoms with Crippen LogP contribution < -0.4 is 10.9 Å². The first-order valence-corrected chi connectivity index (χ1v) is 7.64. The first-order valence-electron chi connectivity index (χ1n) is 7.64. The average molecular weight is 316 g/mol. The fraction of sp³-hybridized carbons (Fsp3) is 0.471. The fourth-order valence-electron chi connectivity index (χ4n) is 3.78. The van der Waals surface area contributed by atoms with E-state index >= 15 is 0 Å². The van der Waals surface area contributed by atoms with Crippen molar-refractivity contribution in [3.8, 4) is 0 Å². The second-order valence-corrected chi connectivity index (χ2v) is 6.98. The number of esters is 2. The summed E-state index contributed by atoms with van der Waals surface area (Å²) in [5, 5.41) is 0. The van der Waals surface area contributed by atoms with Gasteiger partial charge in [-0.2, -0.15) is 0 Å². The lowest BCUT2D eigenvalue weighted by Gasteiger charge is -2.47. The first-order chi connectivity index (χ1) is 10.8. The number of cyclic esters (lactones) is 2. The number of amides is 1. The van der Waals surface area contributed by atoms with Crippen molar-refractivity contribution < 1.29 is 19.1 Å². The Morgan fingerprint density at radius 3 is 2.35 bits per heavy atom. The van der Waals surface area contributed by atoms with E-state index in [1.165, 1.54) is 0 Å². The lowest BCUT2D eigenvalue weighted by Crippen LogP contribution is -2.62. The summed E-state index contributed by atoms with van der Waals surface area (Å²) in [6.07, 6.45) is 0.743. The van der Waals surface area contributed by atoms with Gasteiger partial charge in [0.1, 0.15) is 0 Å². The molecule has 0 radical (unpaired) electrons. The van der Waals surface area contributed by atoms with Crippen molar-refractivity contribution in [2.45, 2.75) is 33.6 Å². The van der Waals surface area contributed by atoms with Gasteiger partial charge in [0.2, 0.25) is 0 Å². The molecular weight excluding hydrogens is 296 g/mol. The molecule has 0 spiro atoms. The van der Waals surface area contributed by atoms with Crippen LogP contribution in [0.25, 0.3) is 0 Å². The van der Waals surface area contributed by atoms with Crippen LogP contribution >= 0.6 is 0 Å². The number of hydrogen-bond donors (Lipinski definition) is 2. The Kier molecular flexibility index (Phi) is 3.25. The second-order valence-electron chi connectivity index (χ2n) is 6.98. The van der Waals surface area contributed by atoms with Crippen LogP contribution in [0.3, 0.4) is 0 Å². The zero-order valence-electron chi connectivity index (χ0n) is 13.4. The standard InChI is InChI=1S/C17H20N2O4/c1-15(2)16(3)9-10-17(15,14(22)23-13(16)21)12(20)19-18-11-7-5-4-6-8-11/h4-8,18H,9-10H2,1-3H3,(H,19,20). The van der Waals surface area contributed by atoms with Crippen LogP contribution in [0.4, 0.5) is 5.69 Å². The van der Waals surface area contributed by atoms with Crippen LogP contribution in [0.5, 0.6) is 0 Å². The number of para-hydroxylation sites is 1. The fourth-order valence-corrected chi connectivity index (χ4v) is 3.78. The van der Waals surface area contributed by atoms with E-state index in [-0.39, 0.29) is 0 Å². The summed E-state index contributed by atoms with van der Waals surface area (Å²) >= 11 is 0. The van der Waals surface area contributed by atoms with Gasteiger partial charge < -0.3 is 4.74 Å². The molecule has 2 unspecified atom stereocenters. The van der Waals surface area contributed by atoms with Gasteiger partial charge in [-0.1, -0.05) is 32.0 Å². The van der Waals surface area contributed by atoms with Gasteiger partial charge in [-0.15, -0.1) is 0 Å². The number of hydrogen-bond acceptors (Lipinski definition) is 5. The van der Waals surface area contributed by atoms with Gasteiger partial charge >= 0.3 is 11.9 Å². The highest BCUT2D eigenvalue weighted by Crippen LogP contribution is 2.66. The van der Waals surface area contributed by atoms with Crippen molar-refractivity contribution in [1.29, 1.82) is 0 Å². The second kappa shape index (κ2) is 4.81. The number of hydrazine groups is 1. The molecule has 2 bridgehead atoms. The van der Waals surface area contributed by atoms with E-state index in [0.717, 1.165) is 0 Å². The molecule has 1 heterocycles. The van der Waals surface area contributed by atoms with Gasteiger partial charge in [0, 0.05) is 5.41 Å². The Morgan fingerprint density at radius 1 is 1.04 bits per heavy atom. The Morgan fingerprint density at radius 2 is 1.70 bits per heavy atom. The highest BCUT2D eigenvalue weighted by atomic mass is 16.6. The molecule has 122 valence electrons. The molecule has 1 saturated heterocycles. The lowest BCUT2D eigenvalue weighted by atomic mass is 9.57. The van der Waals surface area contributed by atoms with Gasteiger partial charge in [-0.05, 0) is 31.9 Å². The molecule has 1 aromatic rings. The third-order valence-corrected chi connectivity index (χ3v) is 5.91. The van der Waals surface area contributed by atoms with Crippen molar-refractivity contribution in [2.24, 2.45) is 16.2 Å². The molecule has 1 aliphatic heterocycles. The van der Waals surface area contributed by atoms with E-state index in [4.69, 9.17) is 4.74 Å². The Bertz CT molecular complexity index is 685. The average Bonchev–Trinajstić information content (AvgIpc) is 2.67. The Balaban J connectivity index is 1.89. The molecule has 0 aromatic heterocycles. The molecule has 3 rings (SSSR count). The van der Waals surface area contributed by atoms with Gasteiger partial charge in [0.15, 0.2) is 5.41 Å². The van der Waals surface area contributed by atoms with Crippen LogP contribution in [0.1, 0.15) is 33.6 Å². The molecule has 1 saturated carbocycles. The number of nitrogens with one attached hydrogen (secondary N) is 2. The molecule has 2 atom stereocenters. The molecule has 1 amide bonds. The number of carbonyl (C=O) groups excluding carboxylic acids is 3. The summed E-state index contributed by atoms with van der Waals surface area (Å²) in [4.78, 5) is 37.5. The number of anilines is 1. The van der Waals surface area contributed by atoms with Crippen LogP contribution in [-0.2, 0) is 19.1 Å². The van der Waals surface area contributed by atoms with Crippen molar-refractivity contribution >= 4 is 23.5 Å². The van der Waals surface area contributed by atoms with E-state index in [9.17, 15) is 14.4 Å². The van der Waals surface area contributed by atoms with E-state index in [1.807, 2.05) is 18.2 Å². The molecular formula is C17H20N2O4. The number of carbonyl (C=O) groups is 3. The summed E-state index contributed by atoms with van der Waals surface area (Å²) < 4.78 is 4.92. The summed E-state index contributed by atoms with van der Waals surface area (Å²) in [6.45, 7) is 5.35. The SMILES string of the molecule is CC12CCC(C(=O)NNc3ccccc3)(C(=O)OC1=O)C2(C)C. The minimum absolute atomic E-state index is 0.295. The predicted octanol–water partition coefficient (Wildman–Crippen LogP) is 2.03. The maximum absolute atomic E-state index is 12.8. The Labute approximate surface area is 134 Å². The molecule has 6 heteroatoms. The highest BCUT2D eigenvalue weighted by Gasteiger charge is 2.75. The maximum atomic E-state index is 12.8. The summed E-state index contributed by atoms with van der Waals surface area (Å²) in [5.41, 5.74) is 3.09. The summed E-state index contributed by atoms with van der Waals surface area (Å²) in [5.74, 6) is -1.76. The minimum Gasteiger partial charge on any atom is -0.392 e. The summed E-state index contributed by atoms with van der Waals surface area (Å²) in [7, 11) is 0. The smallest absolute Gasteiger partial charge is 0.329 e. The largest absolute Gasteiger partial charge is 0.392 e. The quantitative estimate of drug-likeness (QED) is 0.506. The molecule has 23 heavy (non-hydrogen) atoms. The predicted molar refractivity (Wildman–Crippen MR) is 82.9 cm³/mol. The third-order valence-electron chi connectivity index (χ3n) is 5.91. The van der Waals surface area contributed by atoms with Crippen molar-refractivity contribution in [2.75, 3.05) is 5.43 Å². The normalized spacial score (nSPS) is 31.4. The van der Waals surface area contributed by atoms with Gasteiger partial charge in [0.05, 0.1) is 11.1 Å². The monoisotopic (exact) mass is 316 g/mol. The third kappa shape index (κ3) is 1.84. The molecule has 1 aromatic carbocycles. The van der Waals surface area contributed by atoms with Crippen LogP contribution in [0.15, 0.2) is 30.3 Å². The van der Waals surface area contributed by atoms with Crippen LogP contribution in [-0.4, -0.2) is 17.8 Å². The van der Waals surface area contributed by atoms with Crippen molar-refractivity contribution in [1.82, 2.24) is 5.43 Å². The number of rotatable bonds is 3. The van der Waals surface area contributed by atoms with Gasteiger partial charge in [-0.3, -0.25) is 25.2 Å². The molecule has 2 N–H and O–H groups in total. The maximum Gasteiger partial charge on any atom is 0.329 e. The number of benzene rings is 1. The topological polar surface area (TPSA) is 84.5 Å². The van der Waals surface area contributed by atoms with Crippen molar-refractivity contribution in [3.63, 3.8) is 0 Å². The minimum atomic E-state index is -1.36. The number of fused-ring (bicyclic) bond motifs is 2. The number of ether oxygens (including phenoxy) is 1. The molecule has 1 aliphatic carbocycles. The van der Waals surface area contributed by atoms with E-state index in [1.54, 1.807) is 32.9 Å². The highest BCUT2D eigenvalue weighted by molar-refractivity contribution is 6.11. The van der Waals surface area contributed by atoms with Crippen molar-refractivity contribution in [3.05, 3.63) is 30.3 Å². The molecule has 6 nitrogen and oxygen atoms in total. The van der Waals surface area contributed by atoms with Gasteiger partial charge in [0.25, 0.3) is 5.91 Å². The molecule has 2 aliphatic rings. The van der Waals surface area contributed by atoms with Crippen LogP contribution in [0, 0.1) is 16.2 Å². The summed E-state index contributed by atoms with van der Waals surface area (Å²) in [6, 6.07) is 9.12.